The second-order valence-corrected chi connectivity index (χ2v) is 11.1. The molecule has 3 nitrogen and oxygen atoms in total. The summed E-state index contributed by atoms with van der Waals surface area (Å²) in [5.41, 5.74) is 2.32. The van der Waals surface area contributed by atoms with Gasteiger partial charge in [0, 0.05) is 10.3 Å². The molecule has 2 rings (SSSR count). The molecular formula is C30H56O3S. The molecule has 0 bridgehead atoms. The molecule has 1 saturated carbocycles. The van der Waals surface area contributed by atoms with Crippen molar-refractivity contribution in [1.29, 1.82) is 0 Å². The fourth-order valence-corrected chi connectivity index (χ4v) is 3.61. The maximum atomic E-state index is 10.5. The number of hydrogen-bond donors (Lipinski definition) is 1. The van der Waals surface area contributed by atoms with Crippen molar-refractivity contribution < 1.29 is 14.7 Å². The summed E-state index contributed by atoms with van der Waals surface area (Å²) in [5.74, 6) is 1.33. The molecule has 0 aromatic heterocycles. The van der Waals surface area contributed by atoms with Crippen LogP contribution in [0, 0.1) is 23.7 Å². The Morgan fingerprint density at radius 2 is 1.56 bits per heavy atom. The Labute approximate surface area is 216 Å². The van der Waals surface area contributed by atoms with Crippen LogP contribution in [0.3, 0.4) is 0 Å². The van der Waals surface area contributed by atoms with Crippen molar-refractivity contribution in [3.8, 4) is 5.75 Å². The summed E-state index contributed by atoms with van der Waals surface area (Å²) in [7, 11) is 0. The Hall–Kier alpha value is -1.29. The standard InChI is InChI=1S/C12H24.C8H8O2S.C6H12O.2C2H6/c1-11(2)7-10-12(3)8-5-4-6-9-12;1-6-2-3-7(10)4-8(6)11-5-9;1-5(7)6(2,3)4;2*1-2/h11H,4-10H2,1-3H3;2-5,10H,1H3;1-4H3;2*1-2H3. The van der Waals surface area contributed by atoms with Crippen molar-refractivity contribution >= 4 is 23.2 Å². The van der Waals surface area contributed by atoms with E-state index < -0.39 is 0 Å². The maximum absolute atomic E-state index is 10.5. The second kappa shape index (κ2) is 21.0. The van der Waals surface area contributed by atoms with Gasteiger partial charge in [0.15, 0.2) is 5.62 Å². The number of rotatable bonds is 5. The van der Waals surface area contributed by atoms with Crippen LogP contribution in [0.4, 0.5) is 0 Å². The highest BCUT2D eigenvalue weighted by atomic mass is 32.2. The van der Waals surface area contributed by atoms with Crippen molar-refractivity contribution in [3.05, 3.63) is 23.8 Å². The number of Topliss-reactive ketones (excluding diaryl/α,β-unsaturated/α-hetero) is 1. The molecular weight excluding hydrogens is 440 g/mol. The van der Waals surface area contributed by atoms with E-state index in [0.29, 0.717) is 5.41 Å². The lowest BCUT2D eigenvalue weighted by Gasteiger charge is -2.34. The lowest BCUT2D eigenvalue weighted by molar-refractivity contribution is -0.124. The summed E-state index contributed by atoms with van der Waals surface area (Å²) in [4.78, 5) is 21.4. The molecule has 1 aliphatic carbocycles. The van der Waals surface area contributed by atoms with Crippen LogP contribution in [0.1, 0.15) is 127 Å². The van der Waals surface area contributed by atoms with E-state index in [4.69, 9.17) is 5.11 Å². The van der Waals surface area contributed by atoms with Crippen LogP contribution < -0.4 is 0 Å². The average Bonchev–Trinajstić information content (AvgIpc) is 2.79. The van der Waals surface area contributed by atoms with Crippen molar-refractivity contribution in [2.24, 2.45) is 16.7 Å². The fraction of sp³-hybridized carbons (Fsp3) is 0.733. The summed E-state index contributed by atoms with van der Waals surface area (Å²) in [6.45, 7) is 24.4. The molecule has 34 heavy (non-hydrogen) atoms. The first-order valence-electron chi connectivity index (χ1n) is 13.2. The fourth-order valence-electron chi connectivity index (χ4n) is 3.06. The topological polar surface area (TPSA) is 54.4 Å². The van der Waals surface area contributed by atoms with E-state index in [1.165, 1.54) is 44.9 Å². The third-order valence-corrected chi connectivity index (χ3v) is 6.58. The van der Waals surface area contributed by atoms with Crippen LogP contribution in [0.15, 0.2) is 23.1 Å². The molecule has 0 amide bonds. The third-order valence-electron chi connectivity index (χ3n) is 5.79. The summed E-state index contributed by atoms with van der Waals surface area (Å²) < 4.78 is 0. The molecule has 1 aromatic rings. The van der Waals surface area contributed by atoms with Gasteiger partial charge in [0.2, 0.25) is 0 Å². The maximum Gasteiger partial charge on any atom is 0.180 e. The summed E-state index contributed by atoms with van der Waals surface area (Å²) in [6.07, 6.45) is 10.3. The number of ketones is 1. The van der Waals surface area contributed by atoms with Gasteiger partial charge in [-0.25, -0.2) is 0 Å². The van der Waals surface area contributed by atoms with Gasteiger partial charge >= 0.3 is 0 Å². The molecule has 1 fully saturated rings. The zero-order valence-electron chi connectivity index (χ0n) is 24.5. The highest BCUT2D eigenvalue weighted by Crippen LogP contribution is 2.40. The van der Waals surface area contributed by atoms with Gasteiger partial charge in [-0.15, -0.1) is 0 Å². The van der Waals surface area contributed by atoms with Crippen molar-refractivity contribution in [2.75, 3.05) is 0 Å². The molecule has 0 atom stereocenters. The largest absolute Gasteiger partial charge is 0.508 e. The Kier molecular flexibility index (Phi) is 23.0. The minimum Gasteiger partial charge on any atom is -0.508 e. The van der Waals surface area contributed by atoms with Crippen molar-refractivity contribution in [1.82, 2.24) is 0 Å². The number of carbonyl (C=O) groups excluding carboxylic acids is 2. The third kappa shape index (κ3) is 20.1. The molecule has 4 heteroatoms. The lowest BCUT2D eigenvalue weighted by Crippen LogP contribution is -2.20. The molecule has 0 saturated heterocycles. The highest BCUT2D eigenvalue weighted by Gasteiger charge is 2.26. The molecule has 1 N–H and O–H groups in total. The van der Waals surface area contributed by atoms with E-state index in [0.717, 1.165) is 33.8 Å². The van der Waals surface area contributed by atoms with Crippen LogP contribution in [0.25, 0.3) is 0 Å². The number of carbonyl (C=O) groups is 2. The molecule has 1 aliphatic rings. The van der Waals surface area contributed by atoms with Crippen molar-refractivity contribution in [3.63, 3.8) is 0 Å². The number of aryl methyl sites for hydroxylation is 1. The number of hydrogen-bond acceptors (Lipinski definition) is 4. The molecule has 1 aromatic carbocycles. The minimum absolute atomic E-state index is 0.139. The van der Waals surface area contributed by atoms with E-state index in [1.54, 1.807) is 25.1 Å². The highest BCUT2D eigenvalue weighted by molar-refractivity contribution is 8.11. The number of benzene rings is 1. The van der Waals surface area contributed by atoms with Gasteiger partial charge in [0.1, 0.15) is 11.5 Å². The quantitative estimate of drug-likeness (QED) is 0.325. The van der Waals surface area contributed by atoms with Gasteiger partial charge in [0.25, 0.3) is 0 Å². The van der Waals surface area contributed by atoms with Crippen LogP contribution in [-0.2, 0) is 9.59 Å². The number of phenolic OH excluding ortho intramolecular Hbond substituents is 1. The van der Waals surface area contributed by atoms with Gasteiger partial charge < -0.3 is 5.11 Å². The van der Waals surface area contributed by atoms with Gasteiger partial charge in [-0.2, -0.15) is 0 Å². The zero-order chi connectivity index (χ0) is 27.4. The monoisotopic (exact) mass is 496 g/mol. The minimum atomic E-state index is -0.139. The Balaban J connectivity index is -0.000000406. The van der Waals surface area contributed by atoms with Crippen LogP contribution in [-0.4, -0.2) is 16.5 Å². The van der Waals surface area contributed by atoms with Gasteiger partial charge in [-0.1, -0.05) is 113 Å². The Morgan fingerprint density at radius 1 is 1.09 bits per heavy atom. The molecule has 0 aliphatic heterocycles. The zero-order valence-corrected chi connectivity index (χ0v) is 25.3. The Morgan fingerprint density at radius 3 is 1.94 bits per heavy atom. The average molecular weight is 497 g/mol. The molecule has 200 valence electrons. The lowest BCUT2D eigenvalue weighted by atomic mass is 9.72. The van der Waals surface area contributed by atoms with E-state index >= 15 is 0 Å². The molecule has 0 unspecified atom stereocenters. The van der Waals surface area contributed by atoms with Crippen molar-refractivity contribution in [2.45, 2.75) is 133 Å². The van der Waals surface area contributed by atoms with Crippen LogP contribution >= 0.6 is 11.8 Å². The van der Waals surface area contributed by atoms with Gasteiger partial charge in [-0.05, 0) is 62.1 Å². The SMILES string of the molecule is CC.CC.CC(=O)C(C)(C)C.CC(C)CCC1(C)CCCCC1.Cc1ccc(O)cc1SC=O. The predicted molar refractivity (Wildman–Crippen MR) is 154 cm³/mol. The molecule has 0 heterocycles. The normalized spacial score (nSPS) is 13.9. The smallest absolute Gasteiger partial charge is 0.180 e. The van der Waals surface area contributed by atoms with Gasteiger partial charge in [0.05, 0.1) is 0 Å². The number of aromatic hydroxyl groups is 1. The first-order chi connectivity index (χ1) is 15.8. The molecule has 0 spiro atoms. The second-order valence-electron chi connectivity index (χ2n) is 10.3. The molecule has 0 radical (unpaired) electrons. The summed E-state index contributed by atoms with van der Waals surface area (Å²) in [6, 6.07) is 4.96. The number of phenols is 1. The first-order valence-corrected chi connectivity index (χ1v) is 14.1. The first kappa shape index (κ1) is 37.3. The van der Waals surface area contributed by atoms with Crippen LogP contribution in [0.5, 0.6) is 5.75 Å². The van der Waals surface area contributed by atoms with E-state index in [9.17, 15) is 9.59 Å². The predicted octanol–water partition coefficient (Wildman–Crippen LogP) is 10.0. The summed E-state index contributed by atoms with van der Waals surface area (Å²) in [5, 5.41) is 9.03. The number of thioether (sulfide) groups is 1. The van der Waals surface area contributed by atoms with E-state index in [-0.39, 0.29) is 16.9 Å². The van der Waals surface area contributed by atoms with Gasteiger partial charge in [-0.3, -0.25) is 9.59 Å². The van der Waals surface area contributed by atoms with E-state index in [1.807, 2.05) is 55.4 Å². The van der Waals surface area contributed by atoms with Crippen LogP contribution in [0.2, 0.25) is 0 Å². The van der Waals surface area contributed by atoms with E-state index in [2.05, 4.69) is 20.8 Å². The summed E-state index contributed by atoms with van der Waals surface area (Å²) >= 11 is 1.08. The Bertz CT molecular complexity index is 639.